The maximum absolute atomic E-state index is 12.7. The lowest BCUT2D eigenvalue weighted by Crippen LogP contribution is -2.26. The number of aryl methyl sites for hydroxylation is 1. The van der Waals surface area contributed by atoms with Crippen LogP contribution < -0.4 is 0 Å². The van der Waals surface area contributed by atoms with Gasteiger partial charge in [-0.1, -0.05) is 0 Å². The van der Waals surface area contributed by atoms with Gasteiger partial charge in [-0.2, -0.15) is 0 Å². The summed E-state index contributed by atoms with van der Waals surface area (Å²) in [7, 11) is 4.58. The van der Waals surface area contributed by atoms with Crippen LogP contribution in [0.1, 0.15) is 37.0 Å². The number of esters is 1. The molecule has 1 aromatic heterocycles. The molecule has 2 aromatic rings. The summed E-state index contributed by atoms with van der Waals surface area (Å²) in [5.41, 5.74) is 2.42. The monoisotopic (exact) mass is 348 g/mol. The molecule has 0 radical (unpaired) electrons. The van der Waals surface area contributed by atoms with Crippen molar-refractivity contribution in [3.8, 4) is 0 Å². The number of ether oxygens (including phenoxy) is 2. The molecule has 0 fully saturated rings. The van der Waals surface area contributed by atoms with Gasteiger partial charge in [0.1, 0.15) is 5.01 Å². The SMILES string of the molecule is COCc1cc(C(=O)OC)cc(C(=O)N(C)Cc2nc(C)cs2)c1. The topological polar surface area (TPSA) is 68.7 Å². The summed E-state index contributed by atoms with van der Waals surface area (Å²) < 4.78 is 9.85. The quantitative estimate of drug-likeness (QED) is 0.751. The van der Waals surface area contributed by atoms with E-state index in [2.05, 4.69) is 4.98 Å². The molecular formula is C17H20N2O4S. The van der Waals surface area contributed by atoms with E-state index in [4.69, 9.17) is 9.47 Å². The van der Waals surface area contributed by atoms with E-state index in [1.54, 1.807) is 31.2 Å². The second-order valence-electron chi connectivity index (χ2n) is 5.39. The highest BCUT2D eigenvalue weighted by atomic mass is 32.1. The van der Waals surface area contributed by atoms with E-state index in [0.29, 0.717) is 24.3 Å². The Morgan fingerprint density at radius 3 is 2.50 bits per heavy atom. The third kappa shape index (κ3) is 4.39. The largest absolute Gasteiger partial charge is 0.465 e. The second-order valence-corrected chi connectivity index (χ2v) is 6.33. The van der Waals surface area contributed by atoms with Crippen LogP contribution in [-0.2, 0) is 22.6 Å². The van der Waals surface area contributed by atoms with Crippen LogP contribution in [0.4, 0.5) is 0 Å². The van der Waals surface area contributed by atoms with Gasteiger partial charge in [0.05, 0.1) is 25.8 Å². The van der Waals surface area contributed by atoms with Crippen LogP contribution in [0.25, 0.3) is 0 Å². The van der Waals surface area contributed by atoms with Crippen molar-refractivity contribution in [1.82, 2.24) is 9.88 Å². The number of methoxy groups -OCH3 is 2. The van der Waals surface area contributed by atoms with Gasteiger partial charge in [-0.3, -0.25) is 4.79 Å². The van der Waals surface area contributed by atoms with Crippen LogP contribution in [0.3, 0.4) is 0 Å². The first-order valence-electron chi connectivity index (χ1n) is 7.32. The molecule has 1 heterocycles. The molecule has 0 unspecified atom stereocenters. The van der Waals surface area contributed by atoms with Gasteiger partial charge in [-0.15, -0.1) is 11.3 Å². The molecular weight excluding hydrogens is 328 g/mol. The summed E-state index contributed by atoms with van der Waals surface area (Å²) >= 11 is 1.51. The first-order chi connectivity index (χ1) is 11.4. The first-order valence-corrected chi connectivity index (χ1v) is 8.20. The lowest BCUT2D eigenvalue weighted by atomic mass is 10.0. The van der Waals surface area contributed by atoms with Crippen LogP contribution in [0.5, 0.6) is 0 Å². The van der Waals surface area contributed by atoms with Gasteiger partial charge < -0.3 is 14.4 Å². The fraction of sp³-hybridized carbons (Fsp3) is 0.353. The predicted octanol–water partition coefficient (Wildman–Crippen LogP) is 2.66. The molecule has 0 saturated heterocycles. The molecule has 128 valence electrons. The molecule has 2 rings (SSSR count). The Bertz CT molecular complexity index is 742. The van der Waals surface area contributed by atoms with Crippen molar-refractivity contribution in [2.24, 2.45) is 0 Å². The number of hydrogen-bond acceptors (Lipinski definition) is 6. The molecule has 0 atom stereocenters. The average Bonchev–Trinajstić information content (AvgIpc) is 2.98. The van der Waals surface area contributed by atoms with E-state index in [1.807, 2.05) is 12.3 Å². The standard InChI is InChI=1S/C17H20N2O4S/c1-11-10-24-15(18-11)8-19(2)16(20)13-5-12(9-22-3)6-14(7-13)17(21)23-4/h5-7,10H,8-9H2,1-4H3. The van der Waals surface area contributed by atoms with E-state index in [1.165, 1.54) is 24.5 Å². The van der Waals surface area contributed by atoms with Gasteiger partial charge in [-0.25, -0.2) is 9.78 Å². The Kier molecular flexibility index (Phi) is 6.05. The minimum Gasteiger partial charge on any atom is -0.465 e. The third-order valence-electron chi connectivity index (χ3n) is 3.36. The molecule has 0 aliphatic rings. The summed E-state index contributed by atoms with van der Waals surface area (Å²) in [6, 6.07) is 4.93. The number of hydrogen-bond donors (Lipinski definition) is 0. The molecule has 6 nitrogen and oxygen atoms in total. The summed E-state index contributed by atoms with van der Waals surface area (Å²) in [5.74, 6) is -0.675. The fourth-order valence-corrected chi connectivity index (χ4v) is 3.10. The van der Waals surface area contributed by atoms with E-state index < -0.39 is 5.97 Å². The molecule has 24 heavy (non-hydrogen) atoms. The van der Waals surface area contributed by atoms with Crippen LogP contribution >= 0.6 is 11.3 Å². The Morgan fingerprint density at radius 2 is 1.92 bits per heavy atom. The number of amides is 1. The number of carbonyl (C=O) groups excluding carboxylic acids is 2. The Labute approximate surface area is 145 Å². The Morgan fingerprint density at radius 1 is 1.21 bits per heavy atom. The molecule has 7 heteroatoms. The van der Waals surface area contributed by atoms with Crippen LogP contribution in [0, 0.1) is 6.92 Å². The zero-order valence-corrected chi connectivity index (χ0v) is 15.0. The van der Waals surface area contributed by atoms with Gasteiger partial charge in [0.2, 0.25) is 0 Å². The van der Waals surface area contributed by atoms with Crippen molar-refractivity contribution < 1.29 is 19.1 Å². The smallest absolute Gasteiger partial charge is 0.337 e. The normalized spacial score (nSPS) is 10.5. The first kappa shape index (κ1) is 18.1. The highest BCUT2D eigenvalue weighted by molar-refractivity contribution is 7.09. The predicted molar refractivity (Wildman–Crippen MR) is 91.1 cm³/mol. The van der Waals surface area contributed by atoms with E-state index in [0.717, 1.165) is 16.3 Å². The fourth-order valence-electron chi connectivity index (χ4n) is 2.27. The average molecular weight is 348 g/mol. The molecule has 1 amide bonds. The second kappa shape index (κ2) is 8.03. The number of aromatic nitrogens is 1. The van der Waals surface area contributed by atoms with Gasteiger partial charge in [0.25, 0.3) is 5.91 Å². The summed E-state index contributed by atoms with van der Waals surface area (Å²) in [5, 5.41) is 2.81. The Balaban J connectivity index is 2.26. The van der Waals surface area contributed by atoms with E-state index in [-0.39, 0.29) is 5.91 Å². The maximum atomic E-state index is 12.7. The summed E-state index contributed by atoms with van der Waals surface area (Å²) in [6.45, 7) is 2.64. The summed E-state index contributed by atoms with van der Waals surface area (Å²) in [4.78, 5) is 30.4. The van der Waals surface area contributed by atoms with Crippen molar-refractivity contribution in [1.29, 1.82) is 0 Å². The minimum atomic E-state index is -0.486. The van der Waals surface area contributed by atoms with Crippen molar-refractivity contribution in [3.63, 3.8) is 0 Å². The molecule has 0 N–H and O–H groups in total. The Hall–Kier alpha value is -2.25. The summed E-state index contributed by atoms with van der Waals surface area (Å²) in [6.07, 6.45) is 0. The van der Waals surface area contributed by atoms with Crippen LogP contribution in [0.15, 0.2) is 23.6 Å². The molecule has 0 bridgehead atoms. The van der Waals surface area contributed by atoms with Crippen molar-refractivity contribution >= 4 is 23.2 Å². The number of nitrogens with zero attached hydrogens (tertiary/aromatic N) is 2. The van der Waals surface area contributed by atoms with E-state index >= 15 is 0 Å². The zero-order valence-electron chi connectivity index (χ0n) is 14.2. The van der Waals surface area contributed by atoms with E-state index in [9.17, 15) is 9.59 Å². The number of benzene rings is 1. The lowest BCUT2D eigenvalue weighted by molar-refractivity contribution is 0.0600. The molecule has 0 spiro atoms. The van der Waals surface area contributed by atoms with Gasteiger partial charge in [-0.05, 0) is 30.7 Å². The van der Waals surface area contributed by atoms with Crippen molar-refractivity contribution in [2.45, 2.75) is 20.1 Å². The number of carbonyl (C=O) groups is 2. The molecule has 0 aliphatic heterocycles. The van der Waals surface area contributed by atoms with Crippen molar-refractivity contribution in [3.05, 3.63) is 51.0 Å². The van der Waals surface area contributed by atoms with Crippen molar-refractivity contribution in [2.75, 3.05) is 21.3 Å². The highest BCUT2D eigenvalue weighted by Gasteiger charge is 2.17. The molecule has 0 saturated carbocycles. The lowest BCUT2D eigenvalue weighted by Gasteiger charge is -2.17. The molecule has 1 aromatic carbocycles. The minimum absolute atomic E-state index is 0.189. The zero-order chi connectivity index (χ0) is 17.7. The third-order valence-corrected chi connectivity index (χ3v) is 4.31. The van der Waals surface area contributed by atoms with Crippen LogP contribution in [-0.4, -0.2) is 43.0 Å². The van der Waals surface area contributed by atoms with Gasteiger partial charge in [0.15, 0.2) is 0 Å². The maximum Gasteiger partial charge on any atom is 0.337 e. The molecule has 0 aliphatic carbocycles. The number of thiazole rings is 1. The van der Waals surface area contributed by atoms with Gasteiger partial charge >= 0.3 is 5.97 Å². The number of rotatable bonds is 6. The van der Waals surface area contributed by atoms with Crippen LogP contribution in [0.2, 0.25) is 0 Å². The van der Waals surface area contributed by atoms with Gasteiger partial charge in [0, 0.05) is 30.8 Å². The highest BCUT2D eigenvalue weighted by Crippen LogP contribution is 2.17.